The Bertz CT molecular complexity index is 474. The Kier molecular flexibility index (Phi) is 4.22. The molecule has 106 valence electrons. The molecule has 1 rings (SSSR count). The molecule has 0 spiro atoms. The van der Waals surface area contributed by atoms with Crippen LogP contribution in [0.1, 0.15) is 0 Å². The van der Waals surface area contributed by atoms with Gasteiger partial charge in [-0.15, -0.1) is 0 Å². The molecule has 0 heterocycles. The van der Waals surface area contributed by atoms with Crippen LogP contribution in [-0.2, 0) is 4.74 Å². The van der Waals surface area contributed by atoms with Gasteiger partial charge in [-0.3, -0.25) is 5.32 Å². The van der Waals surface area contributed by atoms with Crippen LogP contribution in [0.3, 0.4) is 0 Å². The molecular formula is C9H4F7NO2. The monoisotopic (exact) mass is 291 g/mol. The Labute approximate surface area is 101 Å². The topological polar surface area (TPSA) is 38.3 Å². The van der Waals surface area contributed by atoms with Crippen molar-refractivity contribution in [1.82, 2.24) is 0 Å². The standard InChI is InChI=1S/C9H4F7NO2/c10-3-1-4(11)6(13)7(5(3)12)17-8(18)19-2-9(14,15)16/h1H,2H2,(H,17,18). The first-order valence-electron chi connectivity index (χ1n) is 4.45. The summed E-state index contributed by atoms with van der Waals surface area (Å²) >= 11 is 0. The fourth-order valence-corrected chi connectivity index (χ4v) is 0.968. The van der Waals surface area contributed by atoms with Crippen molar-refractivity contribution in [3.8, 4) is 0 Å². The molecule has 3 nitrogen and oxygen atoms in total. The van der Waals surface area contributed by atoms with E-state index in [4.69, 9.17) is 0 Å². The molecular weight excluding hydrogens is 287 g/mol. The van der Waals surface area contributed by atoms with Crippen LogP contribution in [0.5, 0.6) is 0 Å². The van der Waals surface area contributed by atoms with Crippen molar-refractivity contribution in [2.75, 3.05) is 11.9 Å². The molecule has 0 bridgehead atoms. The fraction of sp³-hybridized carbons (Fsp3) is 0.222. The van der Waals surface area contributed by atoms with Gasteiger partial charge in [-0.1, -0.05) is 0 Å². The van der Waals surface area contributed by atoms with Gasteiger partial charge in [0, 0.05) is 6.07 Å². The van der Waals surface area contributed by atoms with Crippen molar-refractivity contribution in [2.24, 2.45) is 0 Å². The van der Waals surface area contributed by atoms with Crippen LogP contribution in [0.2, 0.25) is 0 Å². The van der Waals surface area contributed by atoms with Gasteiger partial charge in [0.15, 0.2) is 29.9 Å². The van der Waals surface area contributed by atoms with Gasteiger partial charge in [0.25, 0.3) is 0 Å². The van der Waals surface area contributed by atoms with Crippen molar-refractivity contribution in [3.05, 3.63) is 29.3 Å². The van der Waals surface area contributed by atoms with Gasteiger partial charge < -0.3 is 4.74 Å². The summed E-state index contributed by atoms with van der Waals surface area (Å²) in [6.45, 7) is -2.03. The normalized spacial score (nSPS) is 11.3. The predicted molar refractivity (Wildman–Crippen MR) is 47.3 cm³/mol. The molecule has 0 fully saturated rings. The number of benzene rings is 1. The summed E-state index contributed by atoms with van der Waals surface area (Å²) in [4.78, 5) is 10.8. The number of amides is 1. The summed E-state index contributed by atoms with van der Waals surface area (Å²) in [5, 5.41) is 1.14. The van der Waals surface area contributed by atoms with E-state index in [2.05, 4.69) is 4.74 Å². The maximum atomic E-state index is 13.0. The number of carbonyl (C=O) groups is 1. The Balaban J connectivity index is 2.86. The Morgan fingerprint density at radius 1 is 1.11 bits per heavy atom. The van der Waals surface area contributed by atoms with Gasteiger partial charge in [-0.05, 0) is 0 Å². The second-order valence-corrected chi connectivity index (χ2v) is 3.16. The Morgan fingerprint density at radius 2 is 1.58 bits per heavy atom. The van der Waals surface area contributed by atoms with Crippen LogP contribution < -0.4 is 5.32 Å². The van der Waals surface area contributed by atoms with Crippen LogP contribution in [-0.4, -0.2) is 18.9 Å². The highest BCUT2D eigenvalue weighted by Gasteiger charge is 2.30. The summed E-state index contributed by atoms with van der Waals surface area (Å²) in [7, 11) is 0. The minimum Gasteiger partial charge on any atom is -0.440 e. The number of carbonyl (C=O) groups excluding carboxylic acids is 1. The lowest BCUT2D eigenvalue weighted by atomic mass is 10.2. The third-order valence-electron chi connectivity index (χ3n) is 1.71. The Morgan fingerprint density at radius 3 is 2.00 bits per heavy atom. The maximum absolute atomic E-state index is 13.0. The number of rotatable bonds is 2. The summed E-state index contributed by atoms with van der Waals surface area (Å²) in [5.41, 5.74) is -1.58. The van der Waals surface area contributed by atoms with Crippen LogP contribution in [0.4, 0.5) is 41.2 Å². The first kappa shape index (κ1) is 15.1. The van der Waals surface area contributed by atoms with Gasteiger partial charge >= 0.3 is 12.3 Å². The molecule has 0 aliphatic heterocycles. The highest BCUT2D eigenvalue weighted by atomic mass is 19.4. The first-order chi connectivity index (χ1) is 8.61. The molecule has 1 amide bonds. The average Bonchev–Trinajstić information content (AvgIpc) is 2.29. The summed E-state index contributed by atoms with van der Waals surface area (Å²) in [6, 6.07) is -0.128. The van der Waals surface area contributed by atoms with E-state index in [1.54, 1.807) is 0 Å². The van der Waals surface area contributed by atoms with Crippen molar-refractivity contribution < 1.29 is 40.3 Å². The molecule has 0 atom stereocenters. The molecule has 1 N–H and O–H groups in total. The lowest BCUT2D eigenvalue weighted by Gasteiger charge is -2.10. The van der Waals surface area contributed by atoms with E-state index in [0.29, 0.717) is 0 Å². The highest BCUT2D eigenvalue weighted by Crippen LogP contribution is 2.24. The van der Waals surface area contributed by atoms with E-state index in [1.165, 1.54) is 0 Å². The number of anilines is 1. The lowest BCUT2D eigenvalue weighted by Crippen LogP contribution is -2.24. The summed E-state index contributed by atoms with van der Waals surface area (Å²) < 4.78 is 89.9. The van der Waals surface area contributed by atoms with Crippen molar-refractivity contribution >= 4 is 11.8 Å². The minimum atomic E-state index is -4.86. The lowest BCUT2D eigenvalue weighted by molar-refractivity contribution is -0.159. The zero-order chi connectivity index (χ0) is 14.8. The average molecular weight is 291 g/mol. The molecule has 19 heavy (non-hydrogen) atoms. The number of hydrogen-bond donors (Lipinski definition) is 1. The molecule has 1 aromatic carbocycles. The van der Waals surface area contributed by atoms with Gasteiger partial charge in [-0.25, -0.2) is 22.4 Å². The second-order valence-electron chi connectivity index (χ2n) is 3.16. The Hall–Kier alpha value is -2.00. The molecule has 0 aromatic heterocycles. The second kappa shape index (κ2) is 5.33. The molecule has 0 saturated heterocycles. The van der Waals surface area contributed by atoms with E-state index in [1.807, 2.05) is 0 Å². The number of ether oxygens (including phenoxy) is 1. The quantitative estimate of drug-likeness (QED) is 0.670. The van der Waals surface area contributed by atoms with Crippen molar-refractivity contribution in [2.45, 2.75) is 6.18 Å². The van der Waals surface area contributed by atoms with Crippen LogP contribution in [0.15, 0.2) is 6.07 Å². The number of halogens is 7. The zero-order valence-corrected chi connectivity index (χ0v) is 8.75. The molecule has 0 aliphatic carbocycles. The smallest absolute Gasteiger partial charge is 0.422 e. The molecule has 0 aliphatic rings. The van der Waals surface area contributed by atoms with Gasteiger partial charge in [0.05, 0.1) is 0 Å². The van der Waals surface area contributed by atoms with Crippen LogP contribution in [0.25, 0.3) is 0 Å². The van der Waals surface area contributed by atoms with Crippen LogP contribution >= 0.6 is 0 Å². The van der Waals surface area contributed by atoms with Gasteiger partial charge in [0.2, 0.25) is 0 Å². The minimum absolute atomic E-state index is 0.128. The van der Waals surface area contributed by atoms with Crippen molar-refractivity contribution in [1.29, 1.82) is 0 Å². The number of alkyl halides is 3. The SMILES string of the molecule is O=C(Nc1c(F)c(F)cc(F)c1F)OCC(F)(F)F. The molecule has 0 unspecified atom stereocenters. The highest BCUT2D eigenvalue weighted by molar-refractivity contribution is 5.85. The molecule has 10 heteroatoms. The van der Waals surface area contributed by atoms with Gasteiger partial charge in [0.1, 0.15) is 5.69 Å². The fourth-order valence-electron chi connectivity index (χ4n) is 0.968. The summed E-state index contributed by atoms with van der Waals surface area (Å²) in [6.07, 6.45) is -6.78. The molecule has 1 aromatic rings. The van der Waals surface area contributed by atoms with E-state index < -0.39 is 47.8 Å². The van der Waals surface area contributed by atoms with E-state index in [0.717, 1.165) is 5.32 Å². The number of nitrogens with one attached hydrogen (secondary N) is 1. The number of hydrogen-bond acceptors (Lipinski definition) is 2. The van der Waals surface area contributed by atoms with Crippen LogP contribution in [0, 0.1) is 23.3 Å². The molecule has 0 radical (unpaired) electrons. The van der Waals surface area contributed by atoms with Crippen molar-refractivity contribution in [3.63, 3.8) is 0 Å². The molecule has 0 saturated carbocycles. The first-order valence-corrected chi connectivity index (χ1v) is 4.45. The zero-order valence-electron chi connectivity index (χ0n) is 8.75. The van der Waals surface area contributed by atoms with E-state index in [-0.39, 0.29) is 6.07 Å². The predicted octanol–water partition coefficient (Wildman–Crippen LogP) is 3.35. The summed E-state index contributed by atoms with van der Waals surface area (Å²) in [5.74, 6) is -7.60. The third-order valence-corrected chi connectivity index (χ3v) is 1.71. The largest absolute Gasteiger partial charge is 0.440 e. The van der Waals surface area contributed by atoms with Gasteiger partial charge in [-0.2, -0.15) is 13.2 Å². The van der Waals surface area contributed by atoms with E-state index in [9.17, 15) is 35.5 Å². The third kappa shape index (κ3) is 4.00. The maximum Gasteiger partial charge on any atom is 0.422 e. The van der Waals surface area contributed by atoms with E-state index >= 15 is 0 Å².